The van der Waals surface area contributed by atoms with Crippen molar-refractivity contribution < 1.29 is 4.74 Å². The van der Waals surface area contributed by atoms with Gasteiger partial charge in [0.2, 0.25) is 0 Å². The first kappa shape index (κ1) is 15.0. The SMILES string of the molecule is CCNC(C1CCC(C)CC1)C(OC)C(C)C. The fourth-order valence-electron chi connectivity index (χ4n) is 3.27. The van der Waals surface area contributed by atoms with Gasteiger partial charge >= 0.3 is 0 Å². The fraction of sp³-hybridized carbons (Fsp3) is 1.00. The predicted octanol–water partition coefficient (Wildman–Crippen LogP) is 3.46. The van der Waals surface area contributed by atoms with E-state index in [0.29, 0.717) is 18.1 Å². The summed E-state index contributed by atoms with van der Waals surface area (Å²) in [4.78, 5) is 0. The average Bonchev–Trinajstić information content (AvgIpc) is 2.29. The van der Waals surface area contributed by atoms with Crippen LogP contribution in [0.4, 0.5) is 0 Å². The van der Waals surface area contributed by atoms with E-state index >= 15 is 0 Å². The quantitative estimate of drug-likeness (QED) is 0.769. The second kappa shape index (κ2) is 7.38. The lowest BCUT2D eigenvalue weighted by atomic mass is 9.76. The molecule has 2 unspecified atom stereocenters. The highest BCUT2D eigenvalue weighted by Gasteiger charge is 2.32. The summed E-state index contributed by atoms with van der Waals surface area (Å²) < 4.78 is 5.74. The molecule has 0 aliphatic heterocycles. The second-order valence-electron chi connectivity index (χ2n) is 6.05. The van der Waals surface area contributed by atoms with Crippen molar-refractivity contribution in [1.82, 2.24) is 5.32 Å². The zero-order valence-electron chi connectivity index (χ0n) is 12.3. The highest BCUT2D eigenvalue weighted by atomic mass is 16.5. The molecule has 0 radical (unpaired) electrons. The van der Waals surface area contributed by atoms with Crippen LogP contribution in [0.25, 0.3) is 0 Å². The van der Waals surface area contributed by atoms with E-state index < -0.39 is 0 Å². The maximum absolute atomic E-state index is 5.74. The minimum absolute atomic E-state index is 0.355. The van der Waals surface area contributed by atoms with Crippen LogP contribution < -0.4 is 5.32 Å². The van der Waals surface area contributed by atoms with Gasteiger partial charge in [0.1, 0.15) is 0 Å². The number of nitrogens with one attached hydrogen (secondary N) is 1. The molecule has 0 aromatic rings. The summed E-state index contributed by atoms with van der Waals surface area (Å²) in [5.41, 5.74) is 0. The Labute approximate surface area is 108 Å². The molecule has 1 fully saturated rings. The second-order valence-corrected chi connectivity index (χ2v) is 6.05. The number of rotatable bonds is 6. The van der Waals surface area contributed by atoms with Crippen LogP contribution in [0.2, 0.25) is 0 Å². The molecule has 1 aliphatic carbocycles. The summed E-state index contributed by atoms with van der Waals surface area (Å²) in [5.74, 6) is 2.32. The van der Waals surface area contributed by atoms with E-state index in [2.05, 4.69) is 33.0 Å². The van der Waals surface area contributed by atoms with E-state index in [1.165, 1.54) is 25.7 Å². The summed E-state index contributed by atoms with van der Waals surface area (Å²) in [5, 5.41) is 3.67. The summed E-state index contributed by atoms with van der Waals surface area (Å²) in [7, 11) is 1.86. The fourth-order valence-corrected chi connectivity index (χ4v) is 3.27. The number of methoxy groups -OCH3 is 1. The van der Waals surface area contributed by atoms with E-state index in [0.717, 1.165) is 18.4 Å². The van der Waals surface area contributed by atoms with E-state index in [9.17, 15) is 0 Å². The molecule has 0 heterocycles. The Bertz CT molecular complexity index is 197. The van der Waals surface area contributed by atoms with Crippen molar-refractivity contribution in [2.75, 3.05) is 13.7 Å². The third-order valence-electron chi connectivity index (χ3n) is 4.29. The third-order valence-corrected chi connectivity index (χ3v) is 4.29. The molecule has 1 saturated carbocycles. The van der Waals surface area contributed by atoms with Crippen LogP contribution >= 0.6 is 0 Å². The Kier molecular flexibility index (Phi) is 6.50. The average molecular weight is 241 g/mol. The van der Waals surface area contributed by atoms with Gasteiger partial charge in [0.15, 0.2) is 0 Å². The highest BCUT2D eigenvalue weighted by Crippen LogP contribution is 2.33. The Balaban J connectivity index is 2.63. The van der Waals surface area contributed by atoms with Crippen molar-refractivity contribution in [2.45, 2.75) is 65.5 Å². The number of likely N-dealkylation sites (N-methyl/N-ethyl adjacent to an activating group) is 1. The van der Waals surface area contributed by atoms with Crippen LogP contribution in [-0.4, -0.2) is 25.8 Å². The molecule has 1 N–H and O–H groups in total. The van der Waals surface area contributed by atoms with Crippen LogP contribution in [0.15, 0.2) is 0 Å². The molecule has 17 heavy (non-hydrogen) atoms. The van der Waals surface area contributed by atoms with Gasteiger partial charge < -0.3 is 10.1 Å². The lowest BCUT2D eigenvalue weighted by molar-refractivity contribution is 0.00669. The van der Waals surface area contributed by atoms with Gasteiger partial charge in [0.25, 0.3) is 0 Å². The van der Waals surface area contributed by atoms with Crippen molar-refractivity contribution in [3.8, 4) is 0 Å². The molecule has 0 saturated heterocycles. The van der Waals surface area contributed by atoms with Gasteiger partial charge in [0.05, 0.1) is 6.10 Å². The van der Waals surface area contributed by atoms with Gasteiger partial charge in [-0.2, -0.15) is 0 Å². The van der Waals surface area contributed by atoms with Gasteiger partial charge in [-0.3, -0.25) is 0 Å². The maximum Gasteiger partial charge on any atom is 0.0749 e. The first-order valence-corrected chi connectivity index (χ1v) is 7.36. The van der Waals surface area contributed by atoms with E-state index in [1.54, 1.807) is 0 Å². The van der Waals surface area contributed by atoms with E-state index in [4.69, 9.17) is 4.74 Å². The Morgan fingerprint density at radius 3 is 2.18 bits per heavy atom. The lowest BCUT2D eigenvalue weighted by Gasteiger charge is -2.38. The molecule has 0 bridgehead atoms. The van der Waals surface area contributed by atoms with Crippen LogP contribution in [-0.2, 0) is 4.74 Å². The number of ether oxygens (including phenoxy) is 1. The zero-order chi connectivity index (χ0) is 12.8. The van der Waals surface area contributed by atoms with Crippen molar-refractivity contribution in [1.29, 1.82) is 0 Å². The van der Waals surface area contributed by atoms with Crippen LogP contribution in [0.5, 0.6) is 0 Å². The van der Waals surface area contributed by atoms with Crippen molar-refractivity contribution in [2.24, 2.45) is 17.8 Å². The molecule has 0 aromatic heterocycles. The third kappa shape index (κ3) is 4.26. The Morgan fingerprint density at radius 1 is 1.18 bits per heavy atom. The van der Waals surface area contributed by atoms with Crippen molar-refractivity contribution in [3.05, 3.63) is 0 Å². The van der Waals surface area contributed by atoms with Gasteiger partial charge in [-0.15, -0.1) is 0 Å². The predicted molar refractivity (Wildman–Crippen MR) is 74.2 cm³/mol. The molecule has 1 aliphatic rings. The minimum atomic E-state index is 0.355. The van der Waals surface area contributed by atoms with Crippen LogP contribution in [0.3, 0.4) is 0 Å². The molecule has 1 rings (SSSR count). The molecule has 0 aromatic carbocycles. The normalized spacial score (nSPS) is 29.3. The maximum atomic E-state index is 5.74. The topological polar surface area (TPSA) is 21.3 Å². The van der Waals surface area contributed by atoms with Crippen molar-refractivity contribution in [3.63, 3.8) is 0 Å². The van der Waals surface area contributed by atoms with E-state index in [-0.39, 0.29) is 0 Å². The zero-order valence-corrected chi connectivity index (χ0v) is 12.3. The highest BCUT2D eigenvalue weighted by molar-refractivity contribution is 4.88. The van der Waals surface area contributed by atoms with Crippen LogP contribution in [0.1, 0.15) is 53.4 Å². The largest absolute Gasteiger partial charge is 0.380 e. The molecule has 0 amide bonds. The molecule has 0 spiro atoms. The molecular weight excluding hydrogens is 210 g/mol. The molecule has 102 valence electrons. The summed E-state index contributed by atoms with van der Waals surface area (Å²) >= 11 is 0. The summed E-state index contributed by atoms with van der Waals surface area (Å²) in [6.45, 7) is 10.2. The standard InChI is InChI=1S/C15H31NO/c1-6-16-14(15(17-5)11(2)3)13-9-7-12(4)8-10-13/h11-16H,6-10H2,1-5H3. The molecule has 2 heteroatoms. The number of hydrogen-bond acceptors (Lipinski definition) is 2. The van der Waals surface area contributed by atoms with Gasteiger partial charge in [-0.25, -0.2) is 0 Å². The summed E-state index contributed by atoms with van der Waals surface area (Å²) in [6.07, 6.45) is 5.87. The first-order chi connectivity index (χ1) is 8.10. The van der Waals surface area contributed by atoms with Gasteiger partial charge in [0, 0.05) is 13.2 Å². The Hall–Kier alpha value is -0.0800. The first-order valence-electron chi connectivity index (χ1n) is 7.36. The molecule has 2 nitrogen and oxygen atoms in total. The summed E-state index contributed by atoms with van der Waals surface area (Å²) in [6, 6.07) is 0.539. The van der Waals surface area contributed by atoms with E-state index in [1.807, 2.05) is 7.11 Å². The van der Waals surface area contributed by atoms with Crippen LogP contribution in [0, 0.1) is 17.8 Å². The van der Waals surface area contributed by atoms with Gasteiger partial charge in [-0.05, 0) is 37.1 Å². The lowest BCUT2D eigenvalue weighted by Crippen LogP contribution is -2.49. The Morgan fingerprint density at radius 2 is 1.76 bits per heavy atom. The number of hydrogen-bond donors (Lipinski definition) is 1. The smallest absolute Gasteiger partial charge is 0.0749 e. The molecule has 2 atom stereocenters. The van der Waals surface area contributed by atoms with Gasteiger partial charge in [-0.1, -0.05) is 40.5 Å². The monoisotopic (exact) mass is 241 g/mol. The van der Waals surface area contributed by atoms with Crippen molar-refractivity contribution >= 4 is 0 Å². The molecular formula is C15H31NO. The minimum Gasteiger partial charge on any atom is -0.380 e.